The Morgan fingerprint density at radius 2 is 2.33 bits per heavy atom. The Balaban J connectivity index is 2.63. The van der Waals surface area contributed by atoms with E-state index in [9.17, 15) is 4.79 Å². The van der Waals surface area contributed by atoms with Crippen LogP contribution in [0.3, 0.4) is 0 Å². The number of hydrogen-bond acceptors (Lipinski definition) is 3. The molecule has 3 N–H and O–H groups in total. The van der Waals surface area contributed by atoms with Gasteiger partial charge in [-0.15, -0.1) is 0 Å². The predicted molar refractivity (Wildman–Crippen MR) is 54.8 cm³/mol. The molecule has 2 heterocycles. The molecule has 1 atom stereocenters. The van der Waals surface area contributed by atoms with Crippen LogP contribution in [0.15, 0.2) is 24.4 Å². The van der Waals surface area contributed by atoms with Crippen LogP contribution in [0, 0.1) is 0 Å². The lowest BCUT2D eigenvalue weighted by Gasteiger charge is -2.01. The topological polar surface area (TPSA) is 80.6 Å². The number of fused-ring (bicyclic) bond motifs is 1. The number of aromatic nitrogens is 2. The van der Waals surface area contributed by atoms with Gasteiger partial charge in [0.25, 0.3) is 0 Å². The van der Waals surface area contributed by atoms with E-state index in [4.69, 9.17) is 22.4 Å². The minimum Gasteiger partial charge on any atom is -0.480 e. The van der Waals surface area contributed by atoms with Gasteiger partial charge < -0.3 is 10.8 Å². The van der Waals surface area contributed by atoms with E-state index in [0.717, 1.165) is 0 Å². The zero-order chi connectivity index (χ0) is 11.0. The highest BCUT2D eigenvalue weighted by molar-refractivity contribution is 6.34. The van der Waals surface area contributed by atoms with Gasteiger partial charge in [-0.05, 0) is 12.1 Å². The summed E-state index contributed by atoms with van der Waals surface area (Å²) in [5.74, 6) is -1.15. The minimum atomic E-state index is -1.20. The highest BCUT2D eigenvalue weighted by Crippen LogP contribution is 2.25. The molecular formula is C9H8ClN3O2. The van der Waals surface area contributed by atoms with Gasteiger partial charge in [0.05, 0.1) is 10.5 Å². The van der Waals surface area contributed by atoms with Gasteiger partial charge in [0.1, 0.15) is 11.7 Å². The van der Waals surface area contributed by atoms with Gasteiger partial charge >= 0.3 is 5.97 Å². The van der Waals surface area contributed by atoms with E-state index in [1.165, 1.54) is 4.52 Å². The lowest BCUT2D eigenvalue weighted by molar-refractivity contribution is -0.138. The maximum absolute atomic E-state index is 10.7. The second-order valence-corrected chi connectivity index (χ2v) is 3.42. The van der Waals surface area contributed by atoms with Crippen LogP contribution in [-0.4, -0.2) is 20.7 Å². The van der Waals surface area contributed by atoms with Crippen molar-refractivity contribution < 1.29 is 9.90 Å². The zero-order valence-corrected chi connectivity index (χ0v) is 8.35. The van der Waals surface area contributed by atoms with Gasteiger partial charge in [0, 0.05) is 6.20 Å². The van der Waals surface area contributed by atoms with Gasteiger partial charge in [-0.2, -0.15) is 5.10 Å². The number of nitrogens with zero attached hydrogens (tertiary/aromatic N) is 2. The van der Waals surface area contributed by atoms with Crippen LogP contribution in [0.5, 0.6) is 0 Å². The minimum absolute atomic E-state index is 0.176. The Morgan fingerprint density at radius 3 is 2.93 bits per heavy atom. The first kappa shape index (κ1) is 9.95. The first-order valence-electron chi connectivity index (χ1n) is 4.22. The van der Waals surface area contributed by atoms with E-state index in [2.05, 4.69) is 5.10 Å². The fourth-order valence-electron chi connectivity index (χ4n) is 1.30. The highest BCUT2D eigenvalue weighted by Gasteiger charge is 2.22. The standard InChI is InChI=1S/C9H8ClN3O2/c10-6-5-3-1-2-4-13(5)12-8(6)7(11)9(14)15/h1-4,7H,11H2,(H,14,15). The molecule has 0 aliphatic rings. The van der Waals surface area contributed by atoms with Gasteiger partial charge in [0.15, 0.2) is 0 Å². The molecule has 5 nitrogen and oxygen atoms in total. The number of carboxylic acids is 1. The summed E-state index contributed by atoms with van der Waals surface area (Å²) in [4.78, 5) is 10.7. The lowest BCUT2D eigenvalue weighted by Crippen LogP contribution is -2.21. The molecule has 0 radical (unpaired) electrons. The average molecular weight is 226 g/mol. The summed E-state index contributed by atoms with van der Waals surface area (Å²) in [5.41, 5.74) is 6.26. The normalized spacial score (nSPS) is 12.9. The molecule has 0 saturated carbocycles. The summed E-state index contributed by atoms with van der Waals surface area (Å²) in [6.45, 7) is 0. The number of aliphatic carboxylic acids is 1. The Labute approximate surface area is 90.1 Å². The molecule has 2 aromatic heterocycles. The van der Waals surface area contributed by atoms with Crippen LogP contribution in [0.25, 0.3) is 5.52 Å². The van der Waals surface area contributed by atoms with E-state index < -0.39 is 12.0 Å². The monoisotopic (exact) mass is 225 g/mol. The summed E-state index contributed by atoms with van der Waals surface area (Å²) in [7, 11) is 0. The SMILES string of the molecule is NC(C(=O)O)c1nn2ccccc2c1Cl. The van der Waals surface area contributed by atoms with Crippen molar-refractivity contribution in [3.8, 4) is 0 Å². The third-order valence-electron chi connectivity index (χ3n) is 2.07. The van der Waals surface area contributed by atoms with Crippen LogP contribution in [0.1, 0.15) is 11.7 Å². The predicted octanol–water partition coefficient (Wildman–Crippen LogP) is 1.07. The van der Waals surface area contributed by atoms with Gasteiger partial charge in [-0.1, -0.05) is 17.7 Å². The van der Waals surface area contributed by atoms with Crippen molar-refractivity contribution in [3.63, 3.8) is 0 Å². The molecule has 6 heteroatoms. The molecule has 2 aromatic rings. The summed E-state index contributed by atoms with van der Waals surface area (Å²) in [6, 6.07) is 4.11. The zero-order valence-electron chi connectivity index (χ0n) is 7.59. The van der Waals surface area contributed by atoms with Crippen LogP contribution in [-0.2, 0) is 4.79 Å². The van der Waals surface area contributed by atoms with Gasteiger partial charge in [-0.25, -0.2) is 4.52 Å². The van der Waals surface area contributed by atoms with Crippen molar-refractivity contribution in [2.45, 2.75) is 6.04 Å². The number of rotatable bonds is 2. The number of hydrogen-bond donors (Lipinski definition) is 2. The Morgan fingerprint density at radius 1 is 1.60 bits per heavy atom. The molecule has 2 rings (SSSR count). The van der Waals surface area contributed by atoms with E-state index >= 15 is 0 Å². The Bertz CT molecular complexity index is 523. The number of nitrogens with two attached hydrogens (primary N) is 1. The third kappa shape index (κ3) is 1.55. The van der Waals surface area contributed by atoms with Crippen LogP contribution >= 0.6 is 11.6 Å². The third-order valence-corrected chi connectivity index (χ3v) is 2.45. The summed E-state index contributed by atoms with van der Waals surface area (Å²) in [6.07, 6.45) is 1.68. The molecule has 15 heavy (non-hydrogen) atoms. The molecule has 0 spiro atoms. The number of carbonyl (C=O) groups is 1. The van der Waals surface area contributed by atoms with E-state index in [0.29, 0.717) is 5.52 Å². The molecule has 0 saturated heterocycles. The molecule has 0 aliphatic carbocycles. The van der Waals surface area contributed by atoms with E-state index in [1.807, 2.05) is 0 Å². The lowest BCUT2D eigenvalue weighted by atomic mass is 10.2. The second-order valence-electron chi connectivity index (χ2n) is 3.05. The first-order chi connectivity index (χ1) is 7.11. The highest BCUT2D eigenvalue weighted by atomic mass is 35.5. The van der Waals surface area contributed by atoms with Crippen molar-refractivity contribution in [1.29, 1.82) is 0 Å². The van der Waals surface area contributed by atoms with Crippen molar-refractivity contribution in [3.05, 3.63) is 35.1 Å². The van der Waals surface area contributed by atoms with Crippen molar-refractivity contribution >= 4 is 23.1 Å². The first-order valence-corrected chi connectivity index (χ1v) is 4.60. The number of pyridine rings is 1. The molecule has 1 unspecified atom stereocenters. The van der Waals surface area contributed by atoms with Gasteiger partial charge in [0.2, 0.25) is 0 Å². The molecule has 0 aromatic carbocycles. The molecule has 0 fully saturated rings. The molecule has 0 amide bonds. The van der Waals surface area contributed by atoms with Gasteiger partial charge in [-0.3, -0.25) is 4.79 Å². The summed E-state index contributed by atoms with van der Waals surface area (Å²) >= 11 is 5.97. The molecule has 0 bridgehead atoms. The smallest absolute Gasteiger partial charge is 0.326 e. The largest absolute Gasteiger partial charge is 0.480 e. The van der Waals surface area contributed by atoms with E-state index in [-0.39, 0.29) is 10.7 Å². The fourth-order valence-corrected chi connectivity index (χ4v) is 1.61. The van der Waals surface area contributed by atoms with Crippen molar-refractivity contribution in [2.24, 2.45) is 5.73 Å². The second kappa shape index (κ2) is 3.52. The van der Waals surface area contributed by atoms with Crippen molar-refractivity contribution in [2.75, 3.05) is 0 Å². The van der Waals surface area contributed by atoms with Crippen molar-refractivity contribution in [1.82, 2.24) is 9.61 Å². The van der Waals surface area contributed by atoms with E-state index in [1.54, 1.807) is 24.4 Å². The average Bonchev–Trinajstić information content (AvgIpc) is 2.56. The summed E-state index contributed by atoms with van der Waals surface area (Å²) < 4.78 is 1.50. The quantitative estimate of drug-likeness (QED) is 0.801. The Hall–Kier alpha value is -1.59. The number of carboxylic acid groups (broad SMARTS) is 1. The molecular weight excluding hydrogens is 218 g/mol. The Kier molecular flexibility index (Phi) is 2.34. The summed E-state index contributed by atoms with van der Waals surface area (Å²) in [5, 5.41) is 13.0. The molecule has 78 valence electrons. The molecule has 0 aliphatic heterocycles. The van der Waals surface area contributed by atoms with Crippen LogP contribution in [0.4, 0.5) is 0 Å². The fraction of sp³-hybridized carbons (Fsp3) is 0.111. The van der Waals surface area contributed by atoms with Crippen LogP contribution < -0.4 is 5.73 Å². The van der Waals surface area contributed by atoms with Crippen LogP contribution in [0.2, 0.25) is 5.02 Å². The maximum atomic E-state index is 10.7. The maximum Gasteiger partial charge on any atom is 0.326 e. The number of halogens is 1.